The maximum absolute atomic E-state index is 13.6. The Bertz CT molecular complexity index is 933. The first-order chi connectivity index (χ1) is 13.0. The van der Waals surface area contributed by atoms with Gasteiger partial charge in [0.1, 0.15) is 17.4 Å². The van der Waals surface area contributed by atoms with E-state index in [0.717, 1.165) is 35.3 Å². The summed E-state index contributed by atoms with van der Waals surface area (Å²) in [5.41, 5.74) is 1.37. The van der Waals surface area contributed by atoms with E-state index >= 15 is 0 Å². The molecule has 0 unspecified atom stereocenters. The predicted molar refractivity (Wildman–Crippen MR) is 103 cm³/mol. The summed E-state index contributed by atoms with van der Waals surface area (Å²) in [6.45, 7) is 3.12. The first-order valence-corrected chi connectivity index (χ1v) is 10.2. The Kier molecular flexibility index (Phi) is 4.97. The Morgan fingerprint density at radius 1 is 1.44 bits per heavy atom. The number of halogens is 2. The van der Waals surface area contributed by atoms with Gasteiger partial charge in [-0.05, 0) is 19.1 Å². The van der Waals surface area contributed by atoms with Crippen LogP contribution < -0.4 is 15.0 Å². The number of fused-ring (bicyclic) bond motifs is 1. The number of benzene rings is 1. The Balaban J connectivity index is 1.82. The Morgan fingerprint density at radius 3 is 3.00 bits per heavy atom. The highest BCUT2D eigenvalue weighted by molar-refractivity contribution is 7.22. The van der Waals surface area contributed by atoms with Crippen molar-refractivity contribution < 1.29 is 18.6 Å². The van der Waals surface area contributed by atoms with Crippen molar-refractivity contribution in [3.8, 4) is 16.3 Å². The van der Waals surface area contributed by atoms with Crippen LogP contribution in [-0.4, -0.2) is 53.5 Å². The zero-order valence-corrected chi connectivity index (χ0v) is 16.1. The third kappa shape index (κ3) is 3.75. The number of hydrogen-bond donors (Lipinski definition) is 2. The molecule has 3 heterocycles. The Labute approximate surface area is 162 Å². The molecule has 1 atom stereocenters. The van der Waals surface area contributed by atoms with E-state index in [1.807, 2.05) is 5.38 Å². The standard InChI is InChI=1S/C17H18F2N4O2S2/c1-10-8-23(6-4-20-10)16-22-13-11(15-21-5-7-26-15)2-3-12(14(13)27-16)25-17(18,19)9-24/h2-3,5,7,10,20,24H,4,6,8-9H2,1H3/t10-/m0/s1. The predicted octanol–water partition coefficient (Wildman–Crippen LogP) is 3.18. The third-order valence-electron chi connectivity index (χ3n) is 4.24. The van der Waals surface area contributed by atoms with Crippen molar-refractivity contribution in [2.24, 2.45) is 0 Å². The molecule has 4 rings (SSSR count). The molecule has 0 amide bonds. The van der Waals surface area contributed by atoms with Crippen molar-refractivity contribution in [2.75, 3.05) is 31.1 Å². The van der Waals surface area contributed by atoms with Gasteiger partial charge in [-0.1, -0.05) is 11.3 Å². The fraction of sp³-hybridized carbons (Fsp3) is 0.412. The monoisotopic (exact) mass is 412 g/mol. The molecule has 0 spiro atoms. The van der Waals surface area contributed by atoms with Crippen LogP contribution in [0.1, 0.15) is 6.92 Å². The molecule has 0 aliphatic carbocycles. The number of nitrogens with one attached hydrogen (secondary N) is 1. The summed E-state index contributed by atoms with van der Waals surface area (Å²) in [6, 6.07) is 3.50. The molecule has 1 aliphatic heterocycles. The number of hydrogen-bond acceptors (Lipinski definition) is 8. The number of piperazine rings is 1. The molecule has 1 saturated heterocycles. The molecule has 2 aromatic heterocycles. The zero-order chi connectivity index (χ0) is 19.0. The maximum atomic E-state index is 13.6. The number of aliphatic hydroxyl groups excluding tert-OH is 1. The third-order valence-corrected chi connectivity index (χ3v) is 6.18. The summed E-state index contributed by atoms with van der Waals surface area (Å²) in [7, 11) is 0. The second-order valence-corrected chi connectivity index (χ2v) is 8.19. The molecule has 27 heavy (non-hydrogen) atoms. The molecular weight excluding hydrogens is 394 g/mol. The molecule has 0 bridgehead atoms. The van der Waals surface area contributed by atoms with Crippen LogP contribution >= 0.6 is 22.7 Å². The summed E-state index contributed by atoms with van der Waals surface area (Å²) < 4.78 is 32.6. The van der Waals surface area contributed by atoms with Crippen molar-refractivity contribution in [3.05, 3.63) is 23.7 Å². The van der Waals surface area contributed by atoms with Crippen molar-refractivity contribution in [1.29, 1.82) is 0 Å². The van der Waals surface area contributed by atoms with E-state index in [1.54, 1.807) is 12.3 Å². The largest absolute Gasteiger partial charge is 0.429 e. The summed E-state index contributed by atoms with van der Waals surface area (Å²) in [6.07, 6.45) is -1.95. The normalized spacial score (nSPS) is 18.2. The van der Waals surface area contributed by atoms with Gasteiger partial charge in [-0.15, -0.1) is 11.3 Å². The maximum Gasteiger partial charge on any atom is 0.421 e. The van der Waals surface area contributed by atoms with Crippen molar-refractivity contribution in [2.45, 2.75) is 19.1 Å². The molecule has 1 aromatic carbocycles. The van der Waals surface area contributed by atoms with Gasteiger partial charge in [0.25, 0.3) is 0 Å². The highest BCUT2D eigenvalue weighted by Gasteiger charge is 2.32. The molecular formula is C17H18F2N4O2S2. The van der Waals surface area contributed by atoms with Crippen molar-refractivity contribution in [1.82, 2.24) is 15.3 Å². The van der Waals surface area contributed by atoms with Gasteiger partial charge in [-0.25, -0.2) is 9.97 Å². The Hall–Kier alpha value is -1.88. The number of alkyl halides is 2. The van der Waals surface area contributed by atoms with Gasteiger partial charge in [0.05, 0.1) is 10.2 Å². The van der Waals surface area contributed by atoms with Crippen LogP contribution in [0.25, 0.3) is 20.8 Å². The topological polar surface area (TPSA) is 70.5 Å². The lowest BCUT2D eigenvalue weighted by Crippen LogP contribution is -2.49. The molecule has 0 saturated carbocycles. The Morgan fingerprint density at radius 2 is 2.30 bits per heavy atom. The van der Waals surface area contributed by atoms with Crippen molar-refractivity contribution >= 4 is 38.0 Å². The average Bonchev–Trinajstić information content (AvgIpc) is 3.32. The van der Waals surface area contributed by atoms with E-state index in [2.05, 4.69) is 22.1 Å². The van der Waals surface area contributed by atoms with Crippen LogP contribution in [0.2, 0.25) is 0 Å². The van der Waals surface area contributed by atoms with Gasteiger partial charge in [0, 0.05) is 42.8 Å². The lowest BCUT2D eigenvalue weighted by atomic mass is 10.2. The molecule has 144 valence electrons. The molecule has 2 N–H and O–H groups in total. The zero-order valence-electron chi connectivity index (χ0n) is 14.5. The second-order valence-electron chi connectivity index (χ2n) is 6.32. The van der Waals surface area contributed by atoms with Gasteiger partial charge in [-0.2, -0.15) is 8.78 Å². The summed E-state index contributed by atoms with van der Waals surface area (Å²) in [4.78, 5) is 11.2. The fourth-order valence-electron chi connectivity index (χ4n) is 3.02. The highest BCUT2D eigenvalue weighted by Crippen LogP contribution is 2.42. The number of ether oxygens (including phenoxy) is 1. The first kappa shape index (κ1) is 18.5. The van der Waals surface area contributed by atoms with E-state index in [1.165, 1.54) is 28.7 Å². The number of anilines is 1. The molecule has 0 radical (unpaired) electrons. The van der Waals surface area contributed by atoms with Crippen LogP contribution in [0, 0.1) is 0 Å². The summed E-state index contributed by atoms with van der Waals surface area (Å²) >= 11 is 2.78. The summed E-state index contributed by atoms with van der Waals surface area (Å²) in [5.74, 6) is 0.0105. The van der Waals surface area contributed by atoms with Crippen LogP contribution in [0.15, 0.2) is 23.7 Å². The molecule has 10 heteroatoms. The second kappa shape index (κ2) is 7.27. The smallest absolute Gasteiger partial charge is 0.421 e. The number of rotatable bonds is 5. The fourth-order valence-corrected chi connectivity index (χ4v) is 4.76. The van der Waals surface area contributed by atoms with E-state index in [-0.39, 0.29) is 5.75 Å². The van der Waals surface area contributed by atoms with Crippen LogP contribution in [0.4, 0.5) is 13.9 Å². The van der Waals surface area contributed by atoms with E-state index in [4.69, 9.17) is 14.8 Å². The van der Waals surface area contributed by atoms with Crippen LogP contribution in [0.3, 0.4) is 0 Å². The summed E-state index contributed by atoms with van der Waals surface area (Å²) in [5, 5.41) is 15.6. The number of nitrogens with zero attached hydrogens (tertiary/aromatic N) is 3. The number of thiazole rings is 2. The van der Waals surface area contributed by atoms with Crippen LogP contribution in [-0.2, 0) is 0 Å². The molecule has 3 aromatic rings. The van der Waals surface area contributed by atoms with Gasteiger partial charge in [0.15, 0.2) is 5.13 Å². The van der Waals surface area contributed by atoms with Crippen LogP contribution in [0.5, 0.6) is 5.75 Å². The van der Waals surface area contributed by atoms with Gasteiger partial charge >= 0.3 is 6.11 Å². The minimum atomic E-state index is -3.65. The lowest BCUT2D eigenvalue weighted by molar-refractivity contribution is -0.200. The quantitative estimate of drug-likeness (QED) is 0.671. The minimum Gasteiger partial charge on any atom is -0.429 e. The van der Waals surface area contributed by atoms with E-state index < -0.39 is 12.7 Å². The van der Waals surface area contributed by atoms with Crippen molar-refractivity contribution in [3.63, 3.8) is 0 Å². The number of aromatic nitrogens is 2. The molecule has 1 fully saturated rings. The molecule has 1 aliphatic rings. The molecule has 6 nitrogen and oxygen atoms in total. The number of aliphatic hydroxyl groups is 1. The highest BCUT2D eigenvalue weighted by atomic mass is 32.1. The first-order valence-electron chi connectivity index (χ1n) is 8.46. The minimum absolute atomic E-state index is 0.0105. The van der Waals surface area contributed by atoms with E-state index in [9.17, 15) is 8.78 Å². The van der Waals surface area contributed by atoms with Gasteiger partial charge < -0.3 is 20.1 Å². The lowest BCUT2D eigenvalue weighted by Gasteiger charge is -2.31. The van der Waals surface area contributed by atoms with Gasteiger partial charge in [-0.3, -0.25) is 0 Å². The van der Waals surface area contributed by atoms with Gasteiger partial charge in [0.2, 0.25) is 0 Å². The van der Waals surface area contributed by atoms with E-state index in [0.29, 0.717) is 16.3 Å². The SMILES string of the molecule is C[C@H]1CN(c2nc3c(-c4nccs4)ccc(OC(F)(F)CO)c3s2)CCN1. The average molecular weight is 412 g/mol.